The molecule has 4 heteroatoms. The normalized spacial score (nSPS) is 24.0. The number of carbonyl (C=O) groups excluding carboxylic acids is 2. The molecule has 0 aromatic heterocycles. The maximum absolute atomic E-state index is 12.8. The van der Waals surface area contributed by atoms with E-state index in [9.17, 15) is 9.59 Å². The summed E-state index contributed by atoms with van der Waals surface area (Å²) >= 11 is 0. The van der Waals surface area contributed by atoms with Gasteiger partial charge in [-0.25, -0.2) is 0 Å². The Balaban J connectivity index is 1.76. The fourth-order valence-corrected chi connectivity index (χ4v) is 3.34. The number of nitrogens with zero attached hydrogens (tertiary/aromatic N) is 2. The van der Waals surface area contributed by atoms with Crippen molar-refractivity contribution in [1.29, 1.82) is 0 Å². The summed E-state index contributed by atoms with van der Waals surface area (Å²) in [6.45, 7) is 7.56. The predicted molar refractivity (Wildman–Crippen MR) is 80.2 cm³/mol. The summed E-state index contributed by atoms with van der Waals surface area (Å²) in [6, 6.07) is 7.79. The number of rotatable bonds is 2. The summed E-state index contributed by atoms with van der Waals surface area (Å²) in [5.41, 5.74) is 2.41. The molecule has 2 aliphatic rings. The van der Waals surface area contributed by atoms with Crippen LogP contribution in [0.25, 0.3) is 0 Å². The number of hydrogen-bond donors (Lipinski definition) is 0. The van der Waals surface area contributed by atoms with Crippen LogP contribution in [-0.4, -0.2) is 34.2 Å². The third-order valence-electron chi connectivity index (χ3n) is 4.41. The van der Waals surface area contributed by atoms with Crippen molar-refractivity contribution in [2.24, 2.45) is 5.92 Å². The van der Waals surface area contributed by atoms with Crippen LogP contribution in [0.2, 0.25) is 0 Å². The lowest BCUT2D eigenvalue weighted by molar-refractivity contribution is -0.142. The van der Waals surface area contributed by atoms with Gasteiger partial charge in [-0.3, -0.25) is 9.59 Å². The summed E-state index contributed by atoms with van der Waals surface area (Å²) in [4.78, 5) is 28.3. The van der Waals surface area contributed by atoms with E-state index in [2.05, 4.69) is 25.6 Å². The van der Waals surface area contributed by atoms with Gasteiger partial charge in [0.1, 0.15) is 6.04 Å². The van der Waals surface area contributed by atoms with Gasteiger partial charge in [-0.2, -0.15) is 0 Å². The molecule has 2 amide bonds. The molecule has 3 rings (SSSR count). The summed E-state index contributed by atoms with van der Waals surface area (Å²) < 4.78 is 0. The van der Waals surface area contributed by atoms with E-state index in [0.29, 0.717) is 25.6 Å². The Morgan fingerprint density at radius 2 is 1.86 bits per heavy atom. The summed E-state index contributed by atoms with van der Waals surface area (Å²) in [7, 11) is 0. The van der Waals surface area contributed by atoms with Crippen LogP contribution in [0.1, 0.15) is 24.5 Å². The molecule has 0 radical (unpaired) electrons. The predicted octanol–water partition coefficient (Wildman–Crippen LogP) is 1.95. The third kappa shape index (κ3) is 2.46. The van der Waals surface area contributed by atoms with E-state index < -0.39 is 0 Å². The molecule has 2 atom stereocenters. The number of hydrogen-bond acceptors (Lipinski definition) is 2. The van der Waals surface area contributed by atoms with Gasteiger partial charge in [0.25, 0.3) is 0 Å². The highest BCUT2D eigenvalue weighted by atomic mass is 16.2. The van der Waals surface area contributed by atoms with E-state index in [-0.39, 0.29) is 17.9 Å². The first-order chi connectivity index (χ1) is 10.1. The van der Waals surface area contributed by atoms with Gasteiger partial charge >= 0.3 is 0 Å². The monoisotopic (exact) mass is 284 g/mol. The average Bonchev–Trinajstić information content (AvgIpc) is 3.09. The Kier molecular flexibility index (Phi) is 3.53. The van der Waals surface area contributed by atoms with Crippen LogP contribution in [0.3, 0.4) is 0 Å². The van der Waals surface area contributed by atoms with Crippen molar-refractivity contribution in [1.82, 2.24) is 9.80 Å². The molecule has 110 valence electrons. The minimum Gasteiger partial charge on any atom is -0.332 e. The molecule has 1 aromatic rings. The van der Waals surface area contributed by atoms with Crippen LogP contribution in [0.5, 0.6) is 0 Å². The Morgan fingerprint density at radius 1 is 1.24 bits per heavy atom. The fraction of sp³-hybridized carbons (Fsp3) is 0.412. The summed E-state index contributed by atoms with van der Waals surface area (Å²) in [6.07, 6.45) is 2.04. The first-order valence-corrected chi connectivity index (χ1v) is 7.38. The Labute approximate surface area is 125 Å². The average molecular weight is 284 g/mol. The second-order valence-corrected chi connectivity index (χ2v) is 6.01. The molecule has 0 saturated carbocycles. The molecule has 0 unspecified atom stereocenters. The largest absolute Gasteiger partial charge is 0.332 e. The first kappa shape index (κ1) is 13.9. The Hall–Kier alpha value is -2.10. The topological polar surface area (TPSA) is 40.6 Å². The second kappa shape index (κ2) is 5.35. The van der Waals surface area contributed by atoms with Crippen molar-refractivity contribution in [2.75, 3.05) is 6.54 Å². The second-order valence-electron chi connectivity index (χ2n) is 6.01. The van der Waals surface area contributed by atoms with Crippen molar-refractivity contribution in [3.8, 4) is 0 Å². The molecule has 1 saturated heterocycles. The van der Waals surface area contributed by atoms with Gasteiger partial charge in [-0.05, 0) is 29.5 Å². The zero-order valence-electron chi connectivity index (χ0n) is 12.3. The van der Waals surface area contributed by atoms with Gasteiger partial charge in [-0.15, -0.1) is 0 Å². The van der Waals surface area contributed by atoms with Crippen LogP contribution in [0, 0.1) is 5.92 Å². The minimum atomic E-state index is -0.334. The van der Waals surface area contributed by atoms with E-state index >= 15 is 0 Å². The molecule has 1 aromatic carbocycles. The molecule has 4 nitrogen and oxygen atoms in total. The van der Waals surface area contributed by atoms with Crippen LogP contribution >= 0.6 is 0 Å². The molecule has 0 spiro atoms. The van der Waals surface area contributed by atoms with E-state index in [0.717, 1.165) is 6.42 Å². The van der Waals surface area contributed by atoms with Crippen molar-refractivity contribution >= 4 is 11.8 Å². The number of benzene rings is 1. The van der Waals surface area contributed by atoms with E-state index in [1.165, 1.54) is 17.2 Å². The van der Waals surface area contributed by atoms with Gasteiger partial charge in [0.05, 0.1) is 0 Å². The number of amides is 2. The Morgan fingerprint density at radius 3 is 2.43 bits per heavy atom. The number of likely N-dealkylation sites (tertiary alicyclic amines) is 1. The minimum absolute atomic E-state index is 0.0609. The van der Waals surface area contributed by atoms with Gasteiger partial charge in [0, 0.05) is 19.6 Å². The van der Waals surface area contributed by atoms with Crippen LogP contribution < -0.4 is 0 Å². The zero-order valence-corrected chi connectivity index (χ0v) is 12.3. The van der Waals surface area contributed by atoms with Crippen LogP contribution in [-0.2, 0) is 22.7 Å². The highest BCUT2D eigenvalue weighted by Crippen LogP contribution is 2.29. The van der Waals surface area contributed by atoms with Gasteiger partial charge in [0.15, 0.2) is 0 Å². The smallest absolute Gasteiger partial charge is 0.246 e. The lowest BCUT2D eigenvalue weighted by atomic mass is 10.1. The van der Waals surface area contributed by atoms with Crippen molar-refractivity contribution in [3.05, 3.63) is 48.0 Å². The molecule has 2 aliphatic heterocycles. The van der Waals surface area contributed by atoms with Crippen molar-refractivity contribution < 1.29 is 9.59 Å². The highest BCUT2D eigenvalue weighted by Gasteiger charge is 2.40. The van der Waals surface area contributed by atoms with E-state index in [1.54, 1.807) is 4.90 Å². The SMILES string of the molecule is C=CC(=O)N1C[C@H](C)C[C@H]1C(=O)N1Cc2ccccc2C1. The highest BCUT2D eigenvalue weighted by molar-refractivity contribution is 5.93. The van der Waals surface area contributed by atoms with E-state index in [4.69, 9.17) is 0 Å². The van der Waals surface area contributed by atoms with Crippen molar-refractivity contribution in [2.45, 2.75) is 32.5 Å². The third-order valence-corrected chi connectivity index (χ3v) is 4.41. The molecule has 0 N–H and O–H groups in total. The first-order valence-electron chi connectivity index (χ1n) is 7.38. The van der Waals surface area contributed by atoms with Gasteiger partial charge < -0.3 is 9.80 Å². The Bertz CT molecular complexity index is 571. The standard InChI is InChI=1S/C17H20N2O2/c1-3-16(20)19-9-12(2)8-15(19)17(21)18-10-13-6-4-5-7-14(13)11-18/h3-7,12,15H,1,8-11H2,2H3/t12-,15+/m1/s1. The van der Waals surface area contributed by atoms with Gasteiger partial charge in [0.2, 0.25) is 11.8 Å². The van der Waals surface area contributed by atoms with Crippen LogP contribution in [0.15, 0.2) is 36.9 Å². The lowest BCUT2D eigenvalue weighted by Crippen LogP contribution is -2.45. The summed E-state index contributed by atoms with van der Waals surface area (Å²) in [5, 5.41) is 0. The quantitative estimate of drug-likeness (QED) is 0.779. The van der Waals surface area contributed by atoms with Crippen LogP contribution in [0.4, 0.5) is 0 Å². The molecule has 21 heavy (non-hydrogen) atoms. The lowest BCUT2D eigenvalue weighted by Gasteiger charge is -2.26. The molecule has 1 fully saturated rings. The molecule has 0 aliphatic carbocycles. The maximum Gasteiger partial charge on any atom is 0.246 e. The fourth-order valence-electron chi connectivity index (χ4n) is 3.34. The number of carbonyl (C=O) groups is 2. The van der Waals surface area contributed by atoms with Crippen molar-refractivity contribution in [3.63, 3.8) is 0 Å². The van der Waals surface area contributed by atoms with Gasteiger partial charge in [-0.1, -0.05) is 37.8 Å². The molecular weight excluding hydrogens is 264 g/mol. The molecule has 0 bridgehead atoms. The summed E-state index contributed by atoms with van der Waals surface area (Å²) in [5.74, 6) is 0.271. The molecular formula is C17H20N2O2. The maximum atomic E-state index is 12.8. The molecule has 2 heterocycles. The zero-order chi connectivity index (χ0) is 15.0. The van der Waals surface area contributed by atoms with E-state index in [1.807, 2.05) is 17.0 Å². The number of fused-ring (bicyclic) bond motifs is 1.